The standard InChI is InChI=1S/C21H30N4O3.C6H14O.C2H6O.C2H6/c1-23(2)8-6-16-11-25(19-5-4-17(27-3)10-18(16)19)20(26)22-7-9-24-12-21(13-24)14-28-15-21;1-4-6(2)5-7-3;1-3-2;1-2/h4-5,10-11H,6-9,12-15H2,1-3H3,(H,22,26);6H,4-5H2,1-3H3;1-2H3;1-2H3. The van der Waals surface area contributed by atoms with Crippen LogP contribution in [0.25, 0.3) is 10.9 Å². The molecule has 9 nitrogen and oxygen atoms in total. The van der Waals surface area contributed by atoms with Crippen LogP contribution in [-0.2, 0) is 20.6 Å². The van der Waals surface area contributed by atoms with Crippen molar-refractivity contribution in [3.8, 4) is 5.75 Å². The summed E-state index contributed by atoms with van der Waals surface area (Å²) in [4.78, 5) is 17.3. The summed E-state index contributed by atoms with van der Waals surface area (Å²) in [5, 5.41) is 4.14. The van der Waals surface area contributed by atoms with Crippen molar-refractivity contribution in [2.75, 3.05) is 95.1 Å². The number of hydrogen-bond acceptors (Lipinski definition) is 7. The largest absolute Gasteiger partial charge is 0.497 e. The van der Waals surface area contributed by atoms with E-state index in [1.165, 1.54) is 6.42 Å². The predicted molar refractivity (Wildman–Crippen MR) is 165 cm³/mol. The Bertz CT molecular complexity index is 966. The first-order chi connectivity index (χ1) is 19.2. The van der Waals surface area contributed by atoms with Gasteiger partial charge in [-0.15, -0.1) is 0 Å². The summed E-state index contributed by atoms with van der Waals surface area (Å²) in [6.07, 6.45) is 4.07. The van der Waals surface area contributed by atoms with Crippen LogP contribution in [0.2, 0.25) is 0 Å². The lowest BCUT2D eigenvalue weighted by Crippen LogP contribution is -2.66. The van der Waals surface area contributed by atoms with Gasteiger partial charge in [0.25, 0.3) is 0 Å². The lowest BCUT2D eigenvalue weighted by molar-refractivity contribution is -0.188. The highest BCUT2D eigenvalue weighted by Crippen LogP contribution is 2.37. The fraction of sp³-hybridized carbons (Fsp3) is 0.710. The Morgan fingerprint density at radius 1 is 1.15 bits per heavy atom. The molecular weight excluding hydrogens is 508 g/mol. The zero-order chi connectivity index (χ0) is 30.1. The minimum atomic E-state index is -0.0755. The minimum Gasteiger partial charge on any atom is -0.497 e. The van der Waals surface area contributed by atoms with Gasteiger partial charge in [0, 0.05) is 77.7 Å². The summed E-state index contributed by atoms with van der Waals surface area (Å²) < 4.78 is 21.6. The highest BCUT2D eigenvalue weighted by atomic mass is 16.5. The summed E-state index contributed by atoms with van der Waals surface area (Å²) in [7, 11) is 10.8. The van der Waals surface area contributed by atoms with E-state index in [2.05, 4.69) is 47.8 Å². The number of carbonyl (C=O) groups is 1. The molecule has 3 heterocycles. The van der Waals surface area contributed by atoms with Crippen molar-refractivity contribution in [1.29, 1.82) is 0 Å². The number of hydrogen-bond donors (Lipinski definition) is 1. The third kappa shape index (κ3) is 11.0. The van der Waals surface area contributed by atoms with Gasteiger partial charge in [0.2, 0.25) is 0 Å². The highest BCUT2D eigenvalue weighted by molar-refractivity contribution is 5.94. The van der Waals surface area contributed by atoms with Crippen LogP contribution in [0, 0.1) is 11.3 Å². The van der Waals surface area contributed by atoms with Gasteiger partial charge in [-0.25, -0.2) is 4.79 Å². The van der Waals surface area contributed by atoms with E-state index in [1.54, 1.807) is 33.0 Å². The van der Waals surface area contributed by atoms with E-state index in [-0.39, 0.29) is 6.03 Å². The molecule has 4 rings (SSSR count). The van der Waals surface area contributed by atoms with Crippen molar-refractivity contribution >= 4 is 16.9 Å². The Morgan fingerprint density at radius 2 is 1.80 bits per heavy atom. The SMILES string of the molecule is CC.CCC(C)COC.COC.COc1ccc2c(c1)c(CCN(C)C)cn2C(=O)NCCN1CC2(COC2)C1. The topological polar surface area (TPSA) is 77.4 Å². The summed E-state index contributed by atoms with van der Waals surface area (Å²) >= 11 is 0. The number of fused-ring (bicyclic) bond motifs is 1. The zero-order valence-electron chi connectivity index (χ0n) is 26.8. The van der Waals surface area contributed by atoms with Crippen molar-refractivity contribution in [1.82, 2.24) is 19.7 Å². The van der Waals surface area contributed by atoms with Crippen molar-refractivity contribution in [2.24, 2.45) is 11.3 Å². The lowest BCUT2D eigenvalue weighted by Gasteiger charge is -2.55. The molecule has 1 atom stereocenters. The van der Waals surface area contributed by atoms with Crippen molar-refractivity contribution < 1.29 is 23.7 Å². The van der Waals surface area contributed by atoms with Gasteiger partial charge in [-0.2, -0.15) is 0 Å². The van der Waals surface area contributed by atoms with E-state index in [0.29, 0.717) is 12.0 Å². The Balaban J connectivity index is 0.000000569. The van der Waals surface area contributed by atoms with Crippen LogP contribution in [0.15, 0.2) is 24.4 Å². The van der Waals surface area contributed by atoms with Crippen molar-refractivity contribution in [3.05, 3.63) is 30.0 Å². The second-order valence-electron chi connectivity index (χ2n) is 10.8. The Labute approximate surface area is 243 Å². The van der Waals surface area contributed by atoms with E-state index < -0.39 is 0 Å². The molecule has 0 radical (unpaired) electrons. The molecule has 2 saturated heterocycles. The van der Waals surface area contributed by atoms with Gasteiger partial charge in [0.15, 0.2) is 0 Å². The summed E-state index contributed by atoms with van der Waals surface area (Å²) in [6.45, 7) is 15.7. The monoisotopic (exact) mass is 564 g/mol. The van der Waals surface area contributed by atoms with Crippen molar-refractivity contribution in [3.63, 3.8) is 0 Å². The van der Waals surface area contributed by atoms with Crippen LogP contribution in [0.1, 0.15) is 39.7 Å². The molecule has 2 aliphatic heterocycles. The quantitative estimate of drug-likeness (QED) is 0.452. The third-order valence-corrected chi connectivity index (χ3v) is 6.93. The van der Waals surface area contributed by atoms with Crippen LogP contribution in [0.3, 0.4) is 0 Å². The minimum absolute atomic E-state index is 0.0755. The maximum Gasteiger partial charge on any atom is 0.326 e. The molecule has 1 aromatic heterocycles. The van der Waals surface area contributed by atoms with E-state index in [0.717, 1.165) is 80.6 Å². The van der Waals surface area contributed by atoms with Crippen LogP contribution < -0.4 is 10.1 Å². The molecule has 1 aromatic carbocycles. The van der Waals surface area contributed by atoms with E-state index >= 15 is 0 Å². The number of likely N-dealkylation sites (tertiary alicyclic amines) is 1. The molecule has 2 fully saturated rings. The molecular formula is C31H56N4O5. The molecule has 230 valence electrons. The third-order valence-electron chi connectivity index (χ3n) is 6.93. The predicted octanol–water partition coefficient (Wildman–Crippen LogP) is 4.61. The maximum absolute atomic E-state index is 12.8. The number of rotatable bonds is 10. The van der Waals surface area contributed by atoms with Crippen LogP contribution >= 0.6 is 0 Å². The first kappa shape index (κ1) is 35.9. The van der Waals surface area contributed by atoms with Crippen LogP contribution in [0.4, 0.5) is 4.79 Å². The average Bonchev–Trinajstić information content (AvgIpc) is 3.27. The lowest BCUT2D eigenvalue weighted by atomic mass is 9.78. The van der Waals surface area contributed by atoms with E-state index in [9.17, 15) is 4.79 Å². The molecule has 1 amide bonds. The molecule has 0 saturated carbocycles. The molecule has 2 aromatic rings. The molecule has 2 aliphatic rings. The summed E-state index contributed by atoms with van der Waals surface area (Å²) in [5.74, 6) is 1.54. The summed E-state index contributed by atoms with van der Waals surface area (Å²) in [5.41, 5.74) is 2.50. The Morgan fingerprint density at radius 3 is 2.27 bits per heavy atom. The Hall–Kier alpha value is -2.17. The fourth-order valence-electron chi connectivity index (χ4n) is 4.56. The smallest absolute Gasteiger partial charge is 0.326 e. The number of nitrogens with one attached hydrogen (secondary N) is 1. The average molecular weight is 565 g/mol. The molecule has 1 N–H and O–H groups in total. The van der Waals surface area contributed by atoms with E-state index in [4.69, 9.17) is 14.2 Å². The Kier molecular flexibility index (Phi) is 17.1. The molecule has 9 heteroatoms. The first-order valence-electron chi connectivity index (χ1n) is 14.5. The maximum atomic E-state index is 12.8. The normalized spacial score (nSPS) is 15.9. The molecule has 0 aliphatic carbocycles. The van der Waals surface area contributed by atoms with Gasteiger partial charge in [0.05, 0.1) is 25.8 Å². The van der Waals surface area contributed by atoms with Crippen LogP contribution in [0.5, 0.6) is 5.75 Å². The van der Waals surface area contributed by atoms with Gasteiger partial charge in [-0.3, -0.25) is 4.57 Å². The molecule has 1 spiro atoms. The molecule has 0 bridgehead atoms. The van der Waals surface area contributed by atoms with Crippen LogP contribution in [-0.4, -0.2) is 115 Å². The molecule has 1 unspecified atom stereocenters. The van der Waals surface area contributed by atoms with E-state index in [1.807, 2.05) is 38.2 Å². The number of nitrogens with zero attached hydrogens (tertiary/aromatic N) is 3. The number of ether oxygens (including phenoxy) is 4. The number of amides is 1. The first-order valence-corrected chi connectivity index (χ1v) is 14.5. The van der Waals surface area contributed by atoms with Gasteiger partial charge in [-0.05, 0) is 50.2 Å². The number of likely N-dealkylation sites (N-methyl/N-ethyl adjacent to an activating group) is 1. The molecule has 40 heavy (non-hydrogen) atoms. The van der Waals surface area contributed by atoms with Gasteiger partial charge in [-0.1, -0.05) is 34.1 Å². The number of carbonyl (C=O) groups excluding carboxylic acids is 1. The summed E-state index contributed by atoms with van der Waals surface area (Å²) in [6, 6.07) is 5.81. The van der Waals surface area contributed by atoms with Gasteiger partial charge < -0.3 is 34.1 Å². The fourth-order valence-corrected chi connectivity index (χ4v) is 4.56. The zero-order valence-corrected chi connectivity index (χ0v) is 26.8. The number of methoxy groups -OCH3 is 3. The van der Waals surface area contributed by atoms with Gasteiger partial charge in [0.1, 0.15) is 5.75 Å². The van der Waals surface area contributed by atoms with Crippen molar-refractivity contribution in [2.45, 2.75) is 40.5 Å². The number of aromatic nitrogens is 1. The highest BCUT2D eigenvalue weighted by Gasteiger charge is 2.48. The second kappa shape index (κ2) is 19.0. The second-order valence-corrected chi connectivity index (χ2v) is 10.8. The number of benzene rings is 1. The van der Waals surface area contributed by atoms with Gasteiger partial charge >= 0.3 is 6.03 Å².